The van der Waals surface area contributed by atoms with Gasteiger partial charge in [0.1, 0.15) is 5.82 Å². The summed E-state index contributed by atoms with van der Waals surface area (Å²) in [6, 6.07) is 4.09. The lowest BCUT2D eigenvalue weighted by Crippen LogP contribution is -2.47. The van der Waals surface area contributed by atoms with Crippen molar-refractivity contribution in [3.8, 4) is 0 Å². The minimum Gasteiger partial charge on any atom is -0.379 e. The maximum absolute atomic E-state index is 6.25. The Bertz CT molecular complexity index is 584. The Kier molecular flexibility index (Phi) is 9.17. The van der Waals surface area contributed by atoms with Crippen LogP contribution in [0.3, 0.4) is 0 Å². The number of aromatic nitrogens is 1. The highest BCUT2D eigenvalue weighted by atomic mass is 127. The molecule has 9 heteroatoms. The molecule has 3 rings (SSSR count). The molecule has 7 nitrogen and oxygen atoms in total. The molecule has 0 saturated carbocycles. The molecule has 3 heterocycles. The van der Waals surface area contributed by atoms with Crippen LogP contribution >= 0.6 is 35.6 Å². The number of pyridine rings is 1. The zero-order valence-corrected chi connectivity index (χ0v) is 18.2. The quantitative estimate of drug-likeness (QED) is 0.367. The number of hydrogen-bond donors (Lipinski definition) is 2. The highest BCUT2D eigenvalue weighted by molar-refractivity contribution is 14.0. The number of nitrogens with zero attached hydrogens (tertiary/aromatic N) is 4. The van der Waals surface area contributed by atoms with Gasteiger partial charge in [-0.25, -0.2) is 4.98 Å². The molecule has 0 spiro atoms. The molecule has 1 unspecified atom stereocenters. The average Bonchev–Trinajstić information content (AvgIpc) is 3.10. The van der Waals surface area contributed by atoms with Crippen molar-refractivity contribution in [2.45, 2.75) is 12.5 Å². The first kappa shape index (κ1) is 21.5. The van der Waals surface area contributed by atoms with Gasteiger partial charge in [-0.3, -0.25) is 9.89 Å². The van der Waals surface area contributed by atoms with Crippen LogP contribution in [-0.4, -0.2) is 81.4 Å². The summed E-state index contributed by atoms with van der Waals surface area (Å²) < 4.78 is 5.37. The molecule has 26 heavy (non-hydrogen) atoms. The van der Waals surface area contributed by atoms with Gasteiger partial charge in [0.2, 0.25) is 0 Å². The van der Waals surface area contributed by atoms with Gasteiger partial charge in [0, 0.05) is 58.6 Å². The van der Waals surface area contributed by atoms with Crippen LogP contribution in [0.4, 0.5) is 5.82 Å². The first-order valence-corrected chi connectivity index (χ1v) is 9.27. The fraction of sp³-hybridized carbons (Fsp3) is 0.647. The Hall–Kier alpha value is -0.840. The number of morpholine rings is 1. The summed E-state index contributed by atoms with van der Waals surface area (Å²) in [4.78, 5) is 13.4. The summed E-state index contributed by atoms with van der Waals surface area (Å²) in [5, 5.41) is 7.62. The van der Waals surface area contributed by atoms with Crippen molar-refractivity contribution < 1.29 is 4.74 Å². The van der Waals surface area contributed by atoms with Gasteiger partial charge in [-0.1, -0.05) is 11.6 Å². The molecule has 2 N–H and O–H groups in total. The second kappa shape index (κ2) is 11.1. The summed E-state index contributed by atoms with van der Waals surface area (Å²) in [6.45, 7) is 7.39. The lowest BCUT2D eigenvalue weighted by Gasteiger charge is -2.27. The number of hydrogen-bond acceptors (Lipinski definition) is 5. The van der Waals surface area contributed by atoms with Crippen LogP contribution < -0.4 is 15.5 Å². The second-order valence-electron chi connectivity index (χ2n) is 6.34. The molecule has 0 bridgehead atoms. The van der Waals surface area contributed by atoms with E-state index < -0.39 is 0 Å². The Morgan fingerprint density at radius 3 is 2.92 bits per heavy atom. The van der Waals surface area contributed by atoms with Gasteiger partial charge < -0.3 is 20.3 Å². The van der Waals surface area contributed by atoms with Gasteiger partial charge in [0.25, 0.3) is 0 Å². The fourth-order valence-corrected chi connectivity index (χ4v) is 3.47. The predicted octanol–water partition coefficient (Wildman–Crippen LogP) is 1.43. The SMILES string of the molecule is CN=C(NCCN1CCOCC1)NC1CCN(c2ncccc2Cl)C1.I. The number of aliphatic imine (C=N–C) groups is 1. The molecule has 1 aromatic rings. The van der Waals surface area contributed by atoms with Crippen LogP contribution in [0.5, 0.6) is 0 Å². The number of ether oxygens (including phenoxy) is 1. The molecule has 0 amide bonds. The van der Waals surface area contributed by atoms with Gasteiger partial charge in [-0.2, -0.15) is 0 Å². The van der Waals surface area contributed by atoms with E-state index in [-0.39, 0.29) is 24.0 Å². The molecule has 2 fully saturated rings. The molecular weight excluding hydrogens is 467 g/mol. The summed E-state index contributed by atoms with van der Waals surface area (Å²) in [5.41, 5.74) is 0. The number of anilines is 1. The van der Waals surface area contributed by atoms with E-state index in [0.29, 0.717) is 11.1 Å². The molecule has 0 radical (unpaired) electrons. The zero-order chi connectivity index (χ0) is 17.5. The minimum atomic E-state index is 0. The van der Waals surface area contributed by atoms with Crippen LogP contribution in [0.1, 0.15) is 6.42 Å². The monoisotopic (exact) mass is 494 g/mol. The van der Waals surface area contributed by atoms with Crippen molar-refractivity contribution in [1.29, 1.82) is 0 Å². The van der Waals surface area contributed by atoms with Gasteiger partial charge in [-0.15, -0.1) is 24.0 Å². The maximum atomic E-state index is 6.25. The molecule has 2 aliphatic rings. The topological polar surface area (TPSA) is 65.0 Å². The molecule has 2 aliphatic heterocycles. The largest absolute Gasteiger partial charge is 0.379 e. The normalized spacial score (nSPS) is 21.4. The highest BCUT2D eigenvalue weighted by Gasteiger charge is 2.25. The highest BCUT2D eigenvalue weighted by Crippen LogP contribution is 2.25. The molecule has 0 aliphatic carbocycles. The van der Waals surface area contributed by atoms with Crippen molar-refractivity contribution in [3.05, 3.63) is 23.4 Å². The third-order valence-electron chi connectivity index (χ3n) is 4.62. The summed E-state index contributed by atoms with van der Waals surface area (Å²) in [6.07, 6.45) is 2.82. The first-order valence-electron chi connectivity index (χ1n) is 8.89. The molecule has 0 aromatic carbocycles. The third kappa shape index (κ3) is 6.11. The van der Waals surface area contributed by atoms with Crippen LogP contribution in [0, 0.1) is 0 Å². The van der Waals surface area contributed by atoms with E-state index in [1.807, 2.05) is 19.2 Å². The van der Waals surface area contributed by atoms with Crippen molar-refractivity contribution in [3.63, 3.8) is 0 Å². The van der Waals surface area contributed by atoms with Gasteiger partial charge in [-0.05, 0) is 18.6 Å². The Balaban J connectivity index is 0.00000243. The van der Waals surface area contributed by atoms with Crippen LogP contribution in [0.25, 0.3) is 0 Å². The van der Waals surface area contributed by atoms with E-state index in [0.717, 1.165) is 70.7 Å². The number of rotatable bonds is 5. The van der Waals surface area contributed by atoms with Crippen LogP contribution in [0.15, 0.2) is 23.3 Å². The van der Waals surface area contributed by atoms with Gasteiger partial charge in [0.05, 0.1) is 18.2 Å². The van der Waals surface area contributed by atoms with E-state index in [1.165, 1.54) is 0 Å². The molecule has 1 atom stereocenters. The average molecular weight is 495 g/mol. The van der Waals surface area contributed by atoms with E-state index in [4.69, 9.17) is 16.3 Å². The lowest BCUT2D eigenvalue weighted by atomic mass is 10.3. The second-order valence-corrected chi connectivity index (χ2v) is 6.74. The molecule has 2 saturated heterocycles. The fourth-order valence-electron chi connectivity index (χ4n) is 3.23. The maximum Gasteiger partial charge on any atom is 0.191 e. The molecular formula is C17H28ClIN6O. The third-order valence-corrected chi connectivity index (χ3v) is 4.91. The van der Waals surface area contributed by atoms with E-state index >= 15 is 0 Å². The van der Waals surface area contributed by atoms with Gasteiger partial charge in [0.15, 0.2) is 5.96 Å². The predicted molar refractivity (Wildman–Crippen MR) is 117 cm³/mol. The van der Waals surface area contributed by atoms with E-state index in [9.17, 15) is 0 Å². The van der Waals surface area contributed by atoms with E-state index in [2.05, 4.69) is 30.4 Å². The standard InChI is InChI=1S/C17H27ClN6O.HI/c1-19-17(21-6-8-23-9-11-25-12-10-23)22-14-4-7-24(13-14)16-15(18)3-2-5-20-16;/h2-3,5,14H,4,6-13H2,1H3,(H2,19,21,22);1H. The van der Waals surface area contributed by atoms with E-state index in [1.54, 1.807) is 6.20 Å². The van der Waals surface area contributed by atoms with Crippen LogP contribution in [0.2, 0.25) is 5.02 Å². The number of guanidine groups is 1. The van der Waals surface area contributed by atoms with Crippen molar-refractivity contribution in [2.75, 3.05) is 64.4 Å². The minimum absolute atomic E-state index is 0. The first-order chi connectivity index (χ1) is 12.3. The number of halogens is 2. The Morgan fingerprint density at radius 2 is 2.19 bits per heavy atom. The Labute approximate surface area is 177 Å². The lowest BCUT2D eigenvalue weighted by molar-refractivity contribution is 0.0389. The molecule has 1 aromatic heterocycles. The van der Waals surface area contributed by atoms with Crippen molar-refractivity contribution >= 4 is 47.4 Å². The smallest absolute Gasteiger partial charge is 0.191 e. The number of nitrogens with one attached hydrogen (secondary N) is 2. The molecule has 146 valence electrons. The van der Waals surface area contributed by atoms with Crippen molar-refractivity contribution in [1.82, 2.24) is 20.5 Å². The summed E-state index contributed by atoms with van der Waals surface area (Å²) >= 11 is 6.25. The summed E-state index contributed by atoms with van der Waals surface area (Å²) in [5.74, 6) is 1.72. The zero-order valence-electron chi connectivity index (χ0n) is 15.2. The van der Waals surface area contributed by atoms with Gasteiger partial charge >= 0.3 is 0 Å². The van der Waals surface area contributed by atoms with Crippen molar-refractivity contribution in [2.24, 2.45) is 4.99 Å². The van der Waals surface area contributed by atoms with Crippen LogP contribution in [-0.2, 0) is 4.74 Å². The Morgan fingerprint density at radius 1 is 1.38 bits per heavy atom. The summed E-state index contributed by atoms with van der Waals surface area (Å²) in [7, 11) is 1.81.